The highest BCUT2D eigenvalue weighted by Gasteiger charge is 2.03. The Morgan fingerprint density at radius 2 is 2.21 bits per heavy atom. The van der Waals surface area contributed by atoms with Crippen molar-refractivity contribution >= 4 is 16.9 Å². The summed E-state index contributed by atoms with van der Waals surface area (Å²) in [6.07, 6.45) is 0. The molecule has 3 nitrogen and oxygen atoms in total. The smallest absolute Gasteiger partial charge is 0.194 e. The molecule has 0 saturated carbocycles. The van der Waals surface area contributed by atoms with E-state index in [1.54, 1.807) is 7.11 Å². The molecule has 14 heavy (non-hydrogen) atoms. The average molecular weight is 191 g/mol. The number of hydrogen-bond acceptors (Lipinski definition) is 3. The van der Waals surface area contributed by atoms with Crippen molar-refractivity contribution in [3.8, 4) is 5.75 Å². The molecule has 0 saturated heterocycles. The van der Waals surface area contributed by atoms with Gasteiger partial charge in [0.1, 0.15) is 11.3 Å². The van der Waals surface area contributed by atoms with Crippen LogP contribution in [-0.4, -0.2) is 13.7 Å². The number of nitrogens with one attached hydrogen (secondary N) is 1. The van der Waals surface area contributed by atoms with Gasteiger partial charge in [0.05, 0.1) is 7.11 Å². The molecule has 0 aliphatic carbocycles. The minimum absolute atomic E-state index is 0.802. The Kier molecular flexibility index (Phi) is 2.31. The molecule has 0 bridgehead atoms. The van der Waals surface area contributed by atoms with Crippen molar-refractivity contribution in [2.45, 2.75) is 6.92 Å². The highest BCUT2D eigenvalue weighted by atomic mass is 16.5. The van der Waals surface area contributed by atoms with Gasteiger partial charge in [-0.1, -0.05) is 0 Å². The summed E-state index contributed by atoms with van der Waals surface area (Å²) in [4.78, 5) is 0. The Morgan fingerprint density at radius 1 is 1.36 bits per heavy atom. The summed E-state index contributed by atoms with van der Waals surface area (Å²) < 4.78 is 10.7. The fourth-order valence-electron chi connectivity index (χ4n) is 1.40. The Bertz CT molecular complexity index is 434. The van der Waals surface area contributed by atoms with Crippen molar-refractivity contribution in [2.75, 3.05) is 19.0 Å². The molecule has 2 rings (SSSR count). The number of ether oxygens (including phenoxy) is 1. The molecular formula is C11H13NO2. The van der Waals surface area contributed by atoms with Crippen molar-refractivity contribution in [1.29, 1.82) is 0 Å². The molecule has 0 fully saturated rings. The predicted molar refractivity (Wildman–Crippen MR) is 56.9 cm³/mol. The lowest BCUT2D eigenvalue weighted by Gasteiger charge is -1.97. The fraction of sp³-hybridized carbons (Fsp3) is 0.273. The number of methoxy groups -OCH3 is 1. The highest BCUT2D eigenvalue weighted by molar-refractivity contribution is 5.82. The van der Waals surface area contributed by atoms with Crippen LogP contribution >= 0.6 is 0 Å². The maximum absolute atomic E-state index is 5.56. The van der Waals surface area contributed by atoms with Crippen LogP contribution in [0.15, 0.2) is 28.7 Å². The molecule has 1 aromatic carbocycles. The second-order valence-electron chi connectivity index (χ2n) is 3.04. The molecule has 1 heterocycles. The van der Waals surface area contributed by atoms with Crippen molar-refractivity contribution in [2.24, 2.45) is 0 Å². The zero-order chi connectivity index (χ0) is 9.97. The van der Waals surface area contributed by atoms with E-state index in [4.69, 9.17) is 9.15 Å². The quantitative estimate of drug-likeness (QED) is 0.810. The molecule has 0 radical (unpaired) electrons. The van der Waals surface area contributed by atoms with Gasteiger partial charge >= 0.3 is 0 Å². The lowest BCUT2D eigenvalue weighted by atomic mass is 10.2. The first-order valence-electron chi connectivity index (χ1n) is 4.65. The van der Waals surface area contributed by atoms with Gasteiger partial charge in [0.25, 0.3) is 0 Å². The van der Waals surface area contributed by atoms with Crippen LogP contribution < -0.4 is 10.1 Å². The Balaban J connectivity index is 2.43. The maximum Gasteiger partial charge on any atom is 0.194 e. The van der Waals surface area contributed by atoms with Gasteiger partial charge in [-0.25, -0.2) is 0 Å². The van der Waals surface area contributed by atoms with E-state index in [0.29, 0.717) is 0 Å². The fourth-order valence-corrected chi connectivity index (χ4v) is 1.40. The topological polar surface area (TPSA) is 34.4 Å². The summed E-state index contributed by atoms with van der Waals surface area (Å²) >= 11 is 0. The van der Waals surface area contributed by atoms with E-state index in [0.717, 1.165) is 29.1 Å². The van der Waals surface area contributed by atoms with Crippen LogP contribution in [0.3, 0.4) is 0 Å². The molecule has 0 atom stereocenters. The van der Waals surface area contributed by atoms with E-state index in [1.807, 2.05) is 31.2 Å². The number of benzene rings is 1. The van der Waals surface area contributed by atoms with Gasteiger partial charge < -0.3 is 14.5 Å². The van der Waals surface area contributed by atoms with E-state index >= 15 is 0 Å². The minimum Gasteiger partial charge on any atom is -0.497 e. The number of hydrogen-bond donors (Lipinski definition) is 1. The van der Waals surface area contributed by atoms with Gasteiger partial charge in [0.2, 0.25) is 0 Å². The molecular weight excluding hydrogens is 178 g/mol. The van der Waals surface area contributed by atoms with Gasteiger partial charge in [0.15, 0.2) is 5.88 Å². The van der Waals surface area contributed by atoms with E-state index < -0.39 is 0 Å². The molecule has 0 aliphatic heterocycles. The first-order chi connectivity index (χ1) is 6.83. The zero-order valence-electron chi connectivity index (χ0n) is 8.33. The average Bonchev–Trinajstić information content (AvgIpc) is 2.59. The van der Waals surface area contributed by atoms with Gasteiger partial charge in [-0.2, -0.15) is 0 Å². The molecule has 1 N–H and O–H groups in total. The van der Waals surface area contributed by atoms with Crippen LogP contribution in [0.5, 0.6) is 5.75 Å². The van der Waals surface area contributed by atoms with Crippen molar-refractivity contribution in [3.63, 3.8) is 0 Å². The molecule has 3 heteroatoms. The third kappa shape index (κ3) is 1.53. The Hall–Kier alpha value is -1.64. The number of furan rings is 1. The van der Waals surface area contributed by atoms with Crippen molar-refractivity contribution in [3.05, 3.63) is 24.3 Å². The first-order valence-corrected chi connectivity index (χ1v) is 4.65. The molecule has 0 amide bonds. The van der Waals surface area contributed by atoms with Gasteiger partial charge in [0, 0.05) is 24.1 Å². The number of anilines is 1. The predicted octanol–water partition coefficient (Wildman–Crippen LogP) is 2.87. The lowest BCUT2D eigenvalue weighted by molar-refractivity contribution is 0.414. The summed E-state index contributed by atoms with van der Waals surface area (Å²) in [5.41, 5.74) is 0.848. The second-order valence-corrected chi connectivity index (χ2v) is 3.04. The molecule has 0 spiro atoms. The van der Waals surface area contributed by atoms with Gasteiger partial charge in [-0.15, -0.1) is 0 Å². The van der Waals surface area contributed by atoms with E-state index in [1.165, 1.54) is 0 Å². The van der Waals surface area contributed by atoms with Crippen molar-refractivity contribution < 1.29 is 9.15 Å². The normalized spacial score (nSPS) is 10.4. The third-order valence-electron chi connectivity index (χ3n) is 2.08. The third-order valence-corrected chi connectivity index (χ3v) is 2.08. The highest BCUT2D eigenvalue weighted by Crippen LogP contribution is 2.26. The van der Waals surface area contributed by atoms with Crippen LogP contribution in [-0.2, 0) is 0 Å². The molecule has 0 unspecified atom stereocenters. The van der Waals surface area contributed by atoms with Crippen LogP contribution in [0.1, 0.15) is 6.92 Å². The monoisotopic (exact) mass is 191 g/mol. The van der Waals surface area contributed by atoms with Crippen LogP contribution in [0.2, 0.25) is 0 Å². The molecule has 1 aromatic heterocycles. The standard InChI is InChI=1S/C11H13NO2/c1-3-12-11-6-8-4-5-9(13-2)7-10(8)14-11/h4-7,12H,3H2,1-2H3. The second kappa shape index (κ2) is 3.62. The summed E-state index contributed by atoms with van der Waals surface area (Å²) in [5.74, 6) is 1.62. The number of fused-ring (bicyclic) bond motifs is 1. The summed E-state index contributed by atoms with van der Waals surface area (Å²) in [6, 6.07) is 7.78. The first kappa shape index (κ1) is 8.94. The van der Waals surface area contributed by atoms with Crippen LogP contribution in [0, 0.1) is 0 Å². The maximum atomic E-state index is 5.56. The van der Waals surface area contributed by atoms with Crippen molar-refractivity contribution in [1.82, 2.24) is 0 Å². The number of rotatable bonds is 3. The summed E-state index contributed by atoms with van der Waals surface area (Å²) in [7, 11) is 1.65. The van der Waals surface area contributed by atoms with Crippen LogP contribution in [0.4, 0.5) is 5.88 Å². The van der Waals surface area contributed by atoms with Crippen LogP contribution in [0.25, 0.3) is 11.0 Å². The molecule has 0 aliphatic rings. The van der Waals surface area contributed by atoms with E-state index in [-0.39, 0.29) is 0 Å². The Labute approximate surface area is 82.7 Å². The van der Waals surface area contributed by atoms with E-state index in [9.17, 15) is 0 Å². The summed E-state index contributed by atoms with van der Waals surface area (Å²) in [6.45, 7) is 2.89. The lowest BCUT2D eigenvalue weighted by Crippen LogP contribution is -1.93. The zero-order valence-corrected chi connectivity index (χ0v) is 8.33. The molecule has 2 aromatic rings. The molecule has 74 valence electrons. The minimum atomic E-state index is 0.802. The summed E-state index contributed by atoms with van der Waals surface area (Å²) in [5, 5.41) is 4.21. The van der Waals surface area contributed by atoms with Gasteiger partial charge in [-0.3, -0.25) is 0 Å². The van der Waals surface area contributed by atoms with Gasteiger partial charge in [-0.05, 0) is 19.1 Å². The largest absolute Gasteiger partial charge is 0.497 e. The Morgan fingerprint density at radius 3 is 2.93 bits per heavy atom. The SMILES string of the molecule is CCNc1cc2ccc(OC)cc2o1. The van der Waals surface area contributed by atoms with E-state index in [2.05, 4.69) is 5.32 Å².